The van der Waals surface area contributed by atoms with E-state index in [0.717, 1.165) is 18.4 Å². The van der Waals surface area contributed by atoms with Crippen molar-refractivity contribution < 1.29 is 9.90 Å². The van der Waals surface area contributed by atoms with Crippen molar-refractivity contribution in [3.05, 3.63) is 63.9 Å². The Morgan fingerprint density at radius 3 is 2.92 bits per heavy atom. The number of rotatable bonds is 2. The number of carbonyl (C=O) groups excluding carboxylic acids is 1. The lowest BCUT2D eigenvalue weighted by Crippen LogP contribution is -2.45. The van der Waals surface area contributed by atoms with Crippen molar-refractivity contribution in [3.8, 4) is 11.8 Å². The SMILES string of the molecule is O=C(N[C@H]1CCCC(O)(C#Cc2cccc(Cl)c2)C1)c1cccnc1Cl. The summed E-state index contributed by atoms with van der Waals surface area (Å²) in [6.07, 6.45) is 4.02. The Labute approximate surface area is 162 Å². The molecule has 3 rings (SSSR count). The molecule has 0 spiro atoms. The summed E-state index contributed by atoms with van der Waals surface area (Å²) in [5.74, 6) is 5.64. The number of nitrogens with one attached hydrogen (secondary N) is 1. The van der Waals surface area contributed by atoms with Gasteiger partial charge in [0.25, 0.3) is 5.91 Å². The van der Waals surface area contributed by atoms with E-state index >= 15 is 0 Å². The molecule has 6 heteroatoms. The fourth-order valence-corrected chi connectivity index (χ4v) is 3.46. The highest BCUT2D eigenvalue weighted by Gasteiger charge is 2.33. The molecule has 1 amide bonds. The molecule has 0 saturated heterocycles. The maximum atomic E-state index is 12.4. The molecule has 0 radical (unpaired) electrons. The van der Waals surface area contributed by atoms with Gasteiger partial charge in [-0.3, -0.25) is 4.79 Å². The molecular weight excluding hydrogens is 371 g/mol. The zero-order chi connectivity index (χ0) is 18.6. The molecule has 2 aromatic rings. The van der Waals surface area contributed by atoms with Crippen molar-refractivity contribution in [1.82, 2.24) is 10.3 Å². The van der Waals surface area contributed by atoms with E-state index in [-0.39, 0.29) is 17.1 Å². The summed E-state index contributed by atoms with van der Waals surface area (Å²) in [6, 6.07) is 10.3. The van der Waals surface area contributed by atoms with Crippen LogP contribution in [0, 0.1) is 11.8 Å². The van der Waals surface area contributed by atoms with Crippen LogP contribution >= 0.6 is 23.2 Å². The molecule has 1 aliphatic rings. The molecule has 1 aromatic carbocycles. The lowest BCUT2D eigenvalue weighted by Gasteiger charge is -2.33. The molecule has 4 nitrogen and oxygen atoms in total. The van der Waals surface area contributed by atoms with Crippen LogP contribution in [0.15, 0.2) is 42.6 Å². The zero-order valence-electron chi connectivity index (χ0n) is 14.0. The lowest BCUT2D eigenvalue weighted by molar-refractivity contribution is 0.0452. The summed E-state index contributed by atoms with van der Waals surface area (Å²) in [6.45, 7) is 0. The summed E-state index contributed by atoms with van der Waals surface area (Å²) in [7, 11) is 0. The molecule has 0 bridgehead atoms. The second-order valence-corrected chi connectivity index (χ2v) is 7.19. The lowest BCUT2D eigenvalue weighted by atomic mass is 9.82. The Kier molecular flexibility index (Phi) is 5.83. The van der Waals surface area contributed by atoms with Gasteiger partial charge < -0.3 is 10.4 Å². The smallest absolute Gasteiger partial charge is 0.254 e. The number of hydrogen-bond donors (Lipinski definition) is 2. The minimum absolute atomic E-state index is 0.164. The largest absolute Gasteiger partial charge is 0.378 e. The Morgan fingerprint density at radius 1 is 1.31 bits per heavy atom. The molecule has 134 valence electrons. The fraction of sp³-hybridized carbons (Fsp3) is 0.300. The van der Waals surface area contributed by atoms with Gasteiger partial charge >= 0.3 is 0 Å². The van der Waals surface area contributed by atoms with E-state index in [9.17, 15) is 9.90 Å². The summed E-state index contributed by atoms with van der Waals surface area (Å²) < 4.78 is 0. The van der Waals surface area contributed by atoms with Crippen LogP contribution in [-0.4, -0.2) is 27.6 Å². The molecule has 1 fully saturated rings. The first-order valence-electron chi connectivity index (χ1n) is 8.38. The van der Waals surface area contributed by atoms with E-state index in [2.05, 4.69) is 22.1 Å². The monoisotopic (exact) mass is 388 g/mol. The van der Waals surface area contributed by atoms with Gasteiger partial charge in [0.05, 0.1) is 5.56 Å². The summed E-state index contributed by atoms with van der Waals surface area (Å²) >= 11 is 11.9. The van der Waals surface area contributed by atoms with Gasteiger partial charge in [-0.25, -0.2) is 4.98 Å². The number of pyridine rings is 1. The Balaban J connectivity index is 1.69. The molecule has 1 heterocycles. The van der Waals surface area contributed by atoms with Crippen LogP contribution < -0.4 is 5.32 Å². The third-order valence-corrected chi connectivity index (χ3v) is 4.87. The Morgan fingerprint density at radius 2 is 2.15 bits per heavy atom. The number of aliphatic hydroxyl groups is 1. The van der Waals surface area contributed by atoms with Crippen LogP contribution in [0.4, 0.5) is 0 Å². The highest BCUT2D eigenvalue weighted by Crippen LogP contribution is 2.28. The third kappa shape index (κ3) is 4.76. The predicted octanol–water partition coefficient (Wildman–Crippen LogP) is 3.84. The van der Waals surface area contributed by atoms with E-state index in [1.165, 1.54) is 6.20 Å². The van der Waals surface area contributed by atoms with E-state index in [4.69, 9.17) is 23.2 Å². The van der Waals surface area contributed by atoms with Gasteiger partial charge in [0.15, 0.2) is 0 Å². The Bertz CT molecular complexity index is 875. The van der Waals surface area contributed by atoms with Crippen molar-refractivity contribution in [1.29, 1.82) is 0 Å². The van der Waals surface area contributed by atoms with Crippen LogP contribution in [0.2, 0.25) is 10.2 Å². The second-order valence-electron chi connectivity index (χ2n) is 6.40. The van der Waals surface area contributed by atoms with Gasteiger partial charge in [-0.1, -0.05) is 41.1 Å². The third-order valence-electron chi connectivity index (χ3n) is 4.33. The van der Waals surface area contributed by atoms with Crippen LogP contribution in [0.5, 0.6) is 0 Å². The minimum Gasteiger partial charge on any atom is -0.378 e. The van der Waals surface area contributed by atoms with Gasteiger partial charge in [0.2, 0.25) is 0 Å². The van der Waals surface area contributed by atoms with E-state index in [0.29, 0.717) is 23.4 Å². The van der Waals surface area contributed by atoms with Gasteiger partial charge in [0, 0.05) is 29.2 Å². The summed E-state index contributed by atoms with van der Waals surface area (Å²) in [5.41, 5.74) is -0.0652. The molecule has 1 aromatic heterocycles. The van der Waals surface area contributed by atoms with Crippen molar-refractivity contribution in [2.45, 2.75) is 37.3 Å². The Hall–Kier alpha value is -2.06. The number of hydrogen-bond acceptors (Lipinski definition) is 3. The van der Waals surface area contributed by atoms with E-state index < -0.39 is 5.60 Å². The zero-order valence-corrected chi connectivity index (χ0v) is 15.5. The van der Waals surface area contributed by atoms with E-state index in [1.807, 2.05) is 12.1 Å². The van der Waals surface area contributed by atoms with Crippen molar-refractivity contribution >= 4 is 29.1 Å². The van der Waals surface area contributed by atoms with Crippen LogP contribution in [0.1, 0.15) is 41.6 Å². The number of benzene rings is 1. The highest BCUT2D eigenvalue weighted by atomic mass is 35.5. The topological polar surface area (TPSA) is 62.2 Å². The quantitative estimate of drug-likeness (QED) is 0.606. The number of nitrogens with zero attached hydrogens (tertiary/aromatic N) is 1. The second kappa shape index (κ2) is 8.09. The summed E-state index contributed by atoms with van der Waals surface area (Å²) in [5, 5.41) is 14.5. The van der Waals surface area contributed by atoms with Gasteiger partial charge in [-0.2, -0.15) is 0 Å². The molecule has 0 aliphatic heterocycles. The number of amides is 1. The van der Waals surface area contributed by atoms with Crippen LogP contribution in [0.25, 0.3) is 0 Å². The fourth-order valence-electron chi connectivity index (χ4n) is 3.06. The molecule has 1 aliphatic carbocycles. The first-order chi connectivity index (χ1) is 12.5. The number of halogens is 2. The van der Waals surface area contributed by atoms with Crippen molar-refractivity contribution in [3.63, 3.8) is 0 Å². The molecule has 2 atom stereocenters. The predicted molar refractivity (Wildman–Crippen MR) is 102 cm³/mol. The first-order valence-corrected chi connectivity index (χ1v) is 9.13. The standard InChI is InChI=1S/C20H18Cl2N2O2/c21-15-5-1-4-14(12-15)8-10-20(26)9-2-6-16(13-20)24-19(25)17-7-3-11-23-18(17)22/h1,3-5,7,11-12,16,26H,2,6,9,13H2,(H,24,25)/t16-,20?/m0/s1. The normalized spacial score (nSPS) is 22.2. The molecule has 1 unspecified atom stereocenters. The maximum Gasteiger partial charge on any atom is 0.254 e. The minimum atomic E-state index is -1.14. The number of carbonyl (C=O) groups is 1. The van der Waals surface area contributed by atoms with Crippen molar-refractivity contribution in [2.75, 3.05) is 0 Å². The molecule has 26 heavy (non-hydrogen) atoms. The molecular formula is C20H18Cl2N2O2. The van der Waals surface area contributed by atoms with Crippen LogP contribution in [-0.2, 0) is 0 Å². The number of aromatic nitrogens is 1. The average molecular weight is 389 g/mol. The highest BCUT2D eigenvalue weighted by molar-refractivity contribution is 6.32. The van der Waals surface area contributed by atoms with Gasteiger partial charge in [-0.05, 0) is 49.6 Å². The van der Waals surface area contributed by atoms with Crippen molar-refractivity contribution in [2.24, 2.45) is 0 Å². The van der Waals surface area contributed by atoms with E-state index in [1.54, 1.807) is 24.3 Å². The van der Waals surface area contributed by atoms with Gasteiger partial charge in [0.1, 0.15) is 10.8 Å². The average Bonchev–Trinajstić information content (AvgIpc) is 2.61. The molecule has 2 N–H and O–H groups in total. The maximum absolute atomic E-state index is 12.4. The van der Waals surface area contributed by atoms with Crippen LogP contribution in [0.3, 0.4) is 0 Å². The summed E-state index contributed by atoms with van der Waals surface area (Å²) in [4.78, 5) is 16.3. The van der Waals surface area contributed by atoms with Gasteiger partial charge in [-0.15, -0.1) is 0 Å². The first kappa shape index (κ1) is 18.7. The molecule has 1 saturated carbocycles.